The van der Waals surface area contributed by atoms with Crippen LogP contribution in [-0.4, -0.2) is 22.8 Å². The lowest BCUT2D eigenvalue weighted by Gasteiger charge is -2.30. The van der Waals surface area contributed by atoms with Crippen LogP contribution in [0.25, 0.3) is 0 Å². The molecular weight excluding hydrogens is 168 g/mol. The third kappa shape index (κ3) is 2.31. The van der Waals surface area contributed by atoms with Crippen molar-refractivity contribution in [2.75, 3.05) is 6.61 Å². The van der Waals surface area contributed by atoms with Crippen LogP contribution in [0.3, 0.4) is 0 Å². The smallest absolute Gasteiger partial charge is 0.309 e. The molecule has 0 aromatic rings. The second-order valence-corrected chi connectivity index (χ2v) is 3.63. The van der Waals surface area contributed by atoms with Gasteiger partial charge in [0.25, 0.3) is 0 Å². The summed E-state index contributed by atoms with van der Waals surface area (Å²) in [5, 5.41) is 17.8. The summed E-state index contributed by atoms with van der Waals surface area (Å²) in [7, 11) is 0. The predicted molar refractivity (Wildman–Crippen MR) is 49.4 cm³/mol. The number of hydrogen-bond acceptors (Lipinski definition) is 2. The molecule has 13 heavy (non-hydrogen) atoms. The molecule has 0 aromatic carbocycles. The monoisotopic (exact) mass is 184 g/mol. The van der Waals surface area contributed by atoms with Crippen molar-refractivity contribution in [3.05, 3.63) is 12.2 Å². The van der Waals surface area contributed by atoms with Crippen molar-refractivity contribution < 1.29 is 15.0 Å². The average molecular weight is 184 g/mol. The number of carboxylic acid groups (broad SMARTS) is 1. The molecular formula is C10H16O3. The Morgan fingerprint density at radius 1 is 1.46 bits per heavy atom. The van der Waals surface area contributed by atoms with Gasteiger partial charge in [0.1, 0.15) is 0 Å². The van der Waals surface area contributed by atoms with Gasteiger partial charge in [-0.3, -0.25) is 4.79 Å². The van der Waals surface area contributed by atoms with Crippen LogP contribution in [0.2, 0.25) is 0 Å². The van der Waals surface area contributed by atoms with E-state index in [1.165, 1.54) is 0 Å². The summed E-state index contributed by atoms with van der Waals surface area (Å²) in [5.41, 5.74) is -0.600. The number of rotatable bonds is 4. The van der Waals surface area contributed by atoms with Crippen LogP contribution < -0.4 is 0 Å². The minimum absolute atomic E-state index is 0.0821. The molecule has 3 nitrogen and oxygen atoms in total. The van der Waals surface area contributed by atoms with Gasteiger partial charge in [-0.15, -0.1) is 0 Å². The minimum Gasteiger partial charge on any atom is -0.481 e. The second kappa shape index (κ2) is 4.42. The molecule has 0 spiro atoms. The van der Waals surface area contributed by atoms with E-state index in [2.05, 4.69) is 0 Å². The Bertz CT molecular complexity index is 210. The number of hydrogen-bond donors (Lipinski definition) is 2. The summed E-state index contributed by atoms with van der Waals surface area (Å²) in [6.07, 6.45) is 7.30. The third-order valence-electron chi connectivity index (χ3n) is 2.73. The van der Waals surface area contributed by atoms with Gasteiger partial charge >= 0.3 is 5.97 Å². The molecule has 74 valence electrons. The number of aliphatic hydroxyl groups is 1. The molecule has 1 unspecified atom stereocenters. The van der Waals surface area contributed by atoms with E-state index in [-0.39, 0.29) is 6.61 Å². The molecule has 0 heterocycles. The largest absolute Gasteiger partial charge is 0.481 e. The van der Waals surface area contributed by atoms with Gasteiger partial charge in [0, 0.05) is 6.61 Å². The SMILES string of the molecule is O=C(O)C1(CCCO)CC=CCC1. The maximum atomic E-state index is 11.1. The number of carboxylic acids is 1. The zero-order chi connectivity index (χ0) is 9.73. The Kier molecular flexibility index (Phi) is 3.48. The summed E-state index contributed by atoms with van der Waals surface area (Å²) in [6, 6.07) is 0. The van der Waals surface area contributed by atoms with Gasteiger partial charge in [0.15, 0.2) is 0 Å². The van der Waals surface area contributed by atoms with Crippen LogP contribution in [0.5, 0.6) is 0 Å². The highest BCUT2D eigenvalue weighted by molar-refractivity contribution is 5.75. The summed E-state index contributed by atoms with van der Waals surface area (Å²) in [5.74, 6) is -0.717. The molecule has 0 saturated carbocycles. The maximum absolute atomic E-state index is 11.1. The van der Waals surface area contributed by atoms with E-state index >= 15 is 0 Å². The van der Waals surface area contributed by atoms with Crippen molar-refractivity contribution in [2.45, 2.75) is 32.1 Å². The first kappa shape index (κ1) is 10.3. The Morgan fingerprint density at radius 3 is 2.69 bits per heavy atom. The Labute approximate surface area is 78.1 Å². The van der Waals surface area contributed by atoms with Crippen LogP contribution in [0.1, 0.15) is 32.1 Å². The first-order valence-corrected chi connectivity index (χ1v) is 4.70. The molecule has 1 aliphatic carbocycles. The van der Waals surface area contributed by atoms with Gasteiger partial charge in [0.05, 0.1) is 5.41 Å². The van der Waals surface area contributed by atoms with Crippen molar-refractivity contribution in [3.8, 4) is 0 Å². The van der Waals surface area contributed by atoms with Crippen molar-refractivity contribution in [1.82, 2.24) is 0 Å². The molecule has 0 bridgehead atoms. The highest BCUT2D eigenvalue weighted by Gasteiger charge is 2.37. The molecule has 3 heteroatoms. The molecule has 1 rings (SSSR count). The molecule has 1 atom stereocenters. The van der Waals surface area contributed by atoms with Crippen molar-refractivity contribution in [2.24, 2.45) is 5.41 Å². The van der Waals surface area contributed by atoms with E-state index < -0.39 is 11.4 Å². The lowest BCUT2D eigenvalue weighted by Crippen LogP contribution is -2.32. The predicted octanol–water partition coefficient (Wildman–Crippen LogP) is 1.57. The van der Waals surface area contributed by atoms with Gasteiger partial charge in [0.2, 0.25) is 0 Å². The first-order chi connectivity index (χ1) is 6.21. The number of aliphatic hydroxyl groups excluding tert-OH is 1. The van der Waals surface area contributed by atoms with Gasteiger partial charge < -0.3 is 10.2 Å². The minimum atomic E-state index is -0.717. The molecule has 0 fully saturated rings. The van der Waals surface area contributed by atoms with Crippen LogP contribution in [0.4, 0.5) is 0 Å². The quantitative estimate of drug-likeness (QED) is 0.652. The number of carbonyl (C=O) groups is 1. The number of aliphatic carboxylic acids is 1. The first-order valence-electron chi connectivity index (χ1n) is 4.70. The van der Waals surface area contributed by atoms with Gasteiger partial charge in [-0.2, -0.15) is 0 Å². The second-order valence-electron chi connectivity index (χ2n) is 3.63. The Balaban J connectivity index is 2.63. The van der Waals surface area contributed by atoms with E-state index in [4.69, 9.17) is 10.2 Å². The molecule has 1 aliphatic rings. The van der Waals surface area contributed by atoms with E-state index in [0.29, 0.717) is 25.7 Å². The fourth-order valence-electron chi connectivity index (χ4n) is 1.83. The summed E-state index contributed by atoms with van der Waals surface area (Å²) in [6.45, 7) is 0.0821. The number of allylic oxidation sites excluding steroid dienone is 2. The zero-order valence-corrected chi connectivity index (χ0v) is 7.70. The molecule has 0 radical (unpaired) electrons. The standard InChI is InChI=1S/C10H16O3/c11-8-4-7-10(9(12)13)5-2-1-3-6-10/h1-2,11H,3-8H2,(H,12,13). The van der Waals surface area contributed by atoms with Crippen molar-refractivity contribution >= 4 is 5.97 Å². The van der Waals surface area contributed by atoms with E-state index in [1.807, 2.05) is 12.2 Å². The molecule has 0 saturated heterocycles. The summed E-state index contributed by atoms with van der Waals surface area (Å²) >= 11 is 0. The van der Waals surface area contributed by atoms with Crippen molar-refractivity contribution in [3.63, 3.8) is 0 Å². The zero-order valence-electron chi connectivity index (χ0n) is 7.70. The molecule has 0 amide bonds. The Morgan fingerprint density at radius 2 is 2.23 bits per heavy atom. The molecule has 0 aromatic heterocycles. The van der Waals surface area contributed by atoms with Crippen LogP contribution >= 0.6 is 0 Å². The topological polar surface area (TPSA) is 57.5 Å². The van der Waals surface area contributed by atoms with E-state index in [0.717, 1.165) is 6.42 Å². The maximum Gasteiger partial charge on any atom is 0.309 e. The van der Waals surface area contributed by atoms with Gasteiger partial charge in [-0.1, -0.05) is 12.2 Å². The lowest BCUT2D eigenvalue weighted by molar-refractivity contribution is -0.150. The van der Waals surface area contributed by atoms with Crippen LogP contribution in [0, 0.1) is 5.41 Å². The highest BCUT2D eigenvalue weighted by atomic mass is 16.4. The third-order valence-corrected chi connectivity index (χ3v) is 2.73. The van der Waals surface area contributed by atoms with E-state index in [9.17, 15) is 4.79 Å². The Hall–Kier alpha value is -0.830. The van der Waals surface area contributed by atoms with Crippen LogP contribution in [-0.2, 0) is 4.79 Å². The van der Waals surface area contributed by atoms with Crippen LogP contribution in [0.15, 0.2) is 12.2 Å². The highest BCUT2D eigenvalue weighted by Crippen LogP contribution is 2.37. The fraction of sp³-hybridized carbons (Fsp3) is 0.700. The van der Waals surface area contributed by atoms with Gasteiger partial charge in [-0.05, 0) is 32.1 Å². The lowest BCUT2D eigenvalue weighted by atomic mass is 9.74. The fourth-order valence-corrected chi connectivity index (χ4v) is 1.83. The molecule has 2 N–H and O–H groups in total. The summed E-state index contributed by atoms with van der Waals surface area (Å²) in [4.78, 5) is 11.1. The normalized spacial score (nSPS) is 27.5. The van der Waals surface area contributed by atoms with Gasteiger partial charge in [-0.25, -0.2) is 0 Å². The average Bonchev–Trinajstić information content (AvgIpc) is 2.16. The molecule has 0 aliphatic heterocycles. The van der Waals surface area contributed by atoms with E-state index in [1.54, 1.807) is 0 Å². The van der Waals surface area contributed by atoms with Crippen molar-refractivity contribution in [1.29, 1.82) is 0 Å². The summed E-state index contributed by atoms with van der Waals surface area (Å²) < 4.78 is 0.